The number of aromatic nitrogens is 4. The first-order valence-corrected chi connectivity index (χ1v) is 8.53. The molecule has 0 aromatic carbocycles. The molecule has 0 fully saturated rings. The molecule has 10 heteroatoms. The Kier molecular flexibility index (Phi) is 7.21. The quantitative estimate of drug-likeness (QED) is 0.358. The van der Waals surface area contributed by atoms with Gasteiger partial charge in [-0.15, -0.1) is 0 Å². The maximum Gasteiger partial charge on any atom is 0.309 e. The Morgan fingerprint density at radius 3 is 2.61 bits per heavy atom. The summed E-state index contributed by atoms with van der Waals surface area (Å²) >= 11 is 0. The molecule has 0 aliphatic carbocycles. The number of esters is 1. The lowest BCUT2D eigenvalue weighted by molar-refractivity contribution is -0.144. The van der Waals surface area contributed by atoms with E-state index in [0.29, 0.717) is 5.57 Å². The van der Waals surface area contributed by atoms with E-state index in [1.165, 1.54) is 10.9 Å². The van der Waals surface area contributed by atoms with Crippen LogP contribution in [0.4, 0.5) is 5.95 Å². The molecule has 10 nitrogen and oxygen atoms in total. The van der Waals surface area contributed by atoms with Gasteiger partial charge in [0.05, 0.1) is 19.4 Å². The zero-order chi connectivity index (χ0) is 20.7. The van der Waals surface area contributed by atoms with Crippen molar-refractivity contribution in [2.75, 3.05) is 18.5 Å². The van der Waals surface area contributed by atoms with Gasteiger partial charge in [-0.3, -0.25) is 29.3 Å². The number of rotatable bonds is 10. The van der Waals surface area contributed by atoms with Gasteiger partial charge in [-0.1, -0.05) is 24.3 Å². The third kappa shape index (κ3) is 6.16. The lowest BCUT2D eigenvalue weighted by atomic mass is 10.2. The number of amides is 1. The number of imidazole rings is 1. The van der Waals surface area contributed by atoms with Crippen LogP contribution in [0.3, 0.4) is 0 Å². The van der Waals surface area contributed by atoms with Gasteiger partial charge in [0.15, 0.2) is 11.2 Å². The van der Waals surface area contributed by atoms with Crippen LogP contribution in [0.15, 0.2) is 35.4 Å². The van der Waals surface area contributed by atoms with Crippen molar-refractivity contribution in [1.82, 2.24) is 19.5 Å². The highest BCUT2D eigenvalue weighted by Crippen LogP contribution is 2.09. The van der Waals surface area contributed by atoms with E-state index in [1.807, 2.05) is 0 Å². The average molecular weight is 389 g/mol. The van der Waals surface area contributed by atoms with Crippen molar-refractivity contribution >= 4 is 29.0 Å². The lowest BCUT2D eigenvalue weighted by Gasteiger charge is -2.08. The summed E-state index contributed by atoms with van der Waals surface area (Å²) in [5.74, 6) is -0.694. The molecule has 0 unspecified atom stereocenters. The van der Waals surface area contributed by atoms with Crippen LogP contribution < -0.4 is 10.9 Å². The second-order valence-corrected chi connectivity index (χ2v) is 6.37. The monoisotopic (exact) mass is 389 g/mol. The second-order valence-electron chi connectivity index (χ2n) is 6.37. The highest BCUT2D eigenvalue weighted by atomic mass is 16.6. The molecule has 0 aliphatic rings. The number of carbonyl (C=O) groups excluding carboxylic acids is 2. The molecular weight excluding hydrogens is 366 g/mol. The van der Waals surface area contributed by atoms with Gasteiger partial charge < -0.3 is 9.47 Å². The molecule has 0 spiro atoms. The SMILES string of the molecule is C=C(C)CC(=O)Nc1nc2c(ncn2COCCOC(=O)CC(=C)C)c(=O)[nH]1. The molecule has 1 amide bonds. The summed E-state index contributed by atoms with van der Waals surface area (Å²) in [7, 11) is 0. The fourth-order valence-corrected chi connectivity index (χ4v) is 2.23. The smallest absolute Gasteiger partial charge is 0.309 e. The Morgan fingerprint density at radius 1 is 1.21 bits per heavy atom. The predicted octanol–water partition coefficient (Wildman–Crippen LogP) is 1.51. The molecule has 0 saturated heterocycles. The molecule has 150 valence electrons. The molecule has 2 aromatic rings. The third-order valence-electron chi connectivity index (χ3n) is 3.36. The molecule has 2 heterocycles. The van der Waals surface area contributed by atoms with Crippen LogP contribution in [-0.2, 0) is 25.8 Å². The van der Waals surface area contributed by atoms with Crippen molar-refractivity contribution in [2.45, 2.75) is 33.4 Å². The van der Waals surface area contributed by atoms with E-state index in [-0.39, 0.29) is 61.8 Å². The third-order valence-corrected chi connectivity index (χ3v) is 3.36. The number of hydrogen-bond acceptors (Lipinski definition) is 7. The predicted molar refractivity (Wildman–Crippen MR) is 103 cm³/mol. The van der Waals surface area contributed by atoms with Crippen LogP contribution in [0.25, 0.3) is 11.2 Å². The van der Waals surface area contributed by atoms with Gasteiger partial charge in [-0.2, -0.15) is 4.98 Å². The number of nitrogens with one attached hydrogen (secondary N) is 2. The summed E-state index contributed by atoms with van der Waals surface area (Å²) in [6, 6.07) is 0. The zero-order valence-electron chi connectivity index (χ0n) is 15.9. The molecular formula is C18H23N5O5. The van der Waals surface area contributed by atoms with E-state index in [4.69, 9.17) is 9.47 Å². The van der Waals surface area contributed by atoms with Crippen molar-refractivity contribution < 1.29 is 19.1 Å². The minimum absolute atomic E-state index is 0.0132. The van der Waals surface area contributed by atoms with Crippen LogP contribution in [-0.4, -0.2) is 44.6 Å². The van der Waals surface area contributed by atoms with Crippen molar-refractivity contribution in [3.8, 4) is 0 Å². The Balaban J connectivity index is 1.97. The minimum atomic E-state index is -0.483. The molecule has 0 aliphatic heterocycles. The first-order chi connectivity index (χ1) is 13.3. The summed E-state index contributed by atoms with van der Waals surface area (Å²) < 4.78 is 11.9. The van der Waals surface area contributed by atoms with E-state index in [2.05, 4.69) is 33.4 Å². The van der Waals surface area contributed by atoms with Crippen molar-refractivity contribution in [3.63, 3.8) is 0 Å². The summed E-state index contributed by atoms with van der Waals surface area (Å²) in [4.78, 5) is 46.0. The molecule has 2 rings (SSSR count). The van der Waals surface area contributed by atoms with E-state index in [1.54, 1.807) is 13.8 Å². The zero-order valence-corrected chi connectivity index (χ0v) is 15.9. The van der Waals surface area contributed by atoms with Gasteiger partial charge in [-0.05, 0) is 13.8 Å². The van der Waals surface area contributed by atoms with E-state index < -0.39 is 5.56 Å². The Labute approximate surface area is 161 Å². The standard InChI is InChI=1S/C18H23N5O5/c1-11(2)7-13(24)20-18-21-16-15(17(26)22-18)19-9-23(16)10-27-5-6-28-14(25)8-12(3)4/h9H,1,3,5-8,10H2,2,4H3,(H2,20,21,22,24,26). The molecule has 2 aromatic heterocycles. The van der Waals surface area contributed by atoms with E-state index in [9.17, 15) is 14.4 Å². The summed E-state index contributed by atoms with van der Waals surface area (Å²) in [6.07, 6.45) is 1.69. The normalized spacial score (nSPS) is 10.6. The highest BCUT2D eigenvalue weighted by molar-refractivity contribution is 5.91. The Morgan fingerprint density at radius 2 is 1.93 bits per heavy atom. The summed E-state index contributed by atoms with van der Waals surface area (Å²) in [5.41, 5.74) is 1.30. The Hall–Kier alpha value is -3.27. The van der Waals surface area contributed by atoms with Crippen molar-refractivity contribution in [2.24, 2.45) is 0 Å². The summed E-state index contributed by atoms with van der Waals surface area (Å²) in [6.45, 7) is 11.1. The number of hydrogen-bond donors (Lipinski definition) is 2. The van der Waals surface area contributed by atoms with Crippen molar-refractivity contribution in [3.05, 3.63) is 41.0 Å². The lowest BCUT2D eigenvalue weighted by Crippen LogP contribution is -2.19. The molecule has 0 saturated carbocycles. The number of carbonyl (C=O) groups is 2. The summed E-state index contributed by atoms with van der Waals surface area (Å²) in [5, 5.41) is 2.51. The largest absolute Gasteiger partial charge is 0.463 e. The molecule has 0 bridgehead atoms. The van der Waals surface area contributed by atoms with Gasteiger partial charge in [0, 0.05) is 6.42 Å². The van der Waals surface area contributed by atoms with Gasteiger partial charge in [0.25, 0.3) is 5.56 Å². The number of anilines is 1. The average Bonchev–Trinajstić information content (AvgIpc) is 2.96. The number of aromatic amines is 1. The maximum absolute atomic E-state index is 12.1. The molecule has 2 N–H and O–H groups in total. The van der Waals surface area contributed by atoms with Crippen LogP contribution in [0.5, 0.6) is 0 Å². The topological polar surface area (TPSA) is 128 Å². The van der Waals surface area contributed by atoms with E-state index in [0.717, 1.165) is 5.57 Å². The number of ether oxygens (including phenoxy) is 2. The van der Waals surface area contributed by atoms with Crippen LogP contribution in [0.2, 0.25) is 0 Å². The molecule has 28 heavy (non-hydrogen) atoms. The van der Waals surface area contributed by atoms with Crippen molar-refractivity contribution in [1.29, 1.82) is 0 Å². The van der Waals surface area contributed by atoms with E-state index >= 15 is 0 Å². The molecule has 0 radical (unpaired) electrons. The molecule has 0 atom stereocenters. The highest BCUT2D eigenvalue weighted by Gasteiger charge is 2.12. The van der Waals surface area contributed by atoms with Gasteiger partial charge >= 0.3 is 5.97 Å². The first kappa shape index (κ1) is 21.0. The fourth-order valence-electron chi connectivity index (χ4n) is 2.23. The van der Waals surface area contributed by atoms with Gasteiger partial charge in [0.1, 0.15) is 13.3 Å². The number of H-pyrrole nitrogens is 1. The fraction of sp³-hybridized carbons (Fsp3) is 0.389. The number of nitrogens with zero attached hydrogens (tertiary/aromatic N) is 3. The van der Waals surface area contributed by atoms with Gasteiger partial charge in [-0.25, -0.2) is 4.98 Å². The van der Waals surface area contributed by atoms with Crippen LogP contribution >= 0.6 is 0 Å². The maximum atomic E-state index is 12.1. The Bertz CT molecular complexity index is 959. The minimum Gasteiger partial charge on any atom is -0.463 e. The first-order valence-electron chi connectivity index (χ1n) is 8.53. The second kappa shape index (κ2) is 9.60. The van der Waals surface area contributed by atoms with Crippen LogP contribution in [0.1, 0.15) is 26.7 Å². The van der Waals surface area contributed by atoms with Gasteiger partial charge in [0.2, 0.25) is 11.9 Å². The van der Waals surface area contributed by atoms with Crippen LogP contribution in [0, 0.1) is 0 Å². The number of fused-ring (bicyclic) bond motifs is 1.